The summed E-state index contributed by atoms with van der Waals surface area (Å²) in [6, 6.07) is 9.54. The van der Waals surface area contributed by atoms with Gasteiger partial charge in [0.15, 0.2) is 0 Å². The van der Waals surface area contributed by atoms with E-state index >= 15 is 0 Å². The van der Waals surface area contributed by atoms with Crippen LogP contribution >= 0.6 is 11.6 Å². The summed E-state index contributed by atoms with van der Waals surface area (Å²) in [6.45, 7) is 0.132. The first-order valence-electron chi connectivity index (χ1n) is 5.94. The smallest absolute Gasteiger partial charge is 0.282 e. The number of benzene rings is 2. The van der Waals surface area contributed by atoms with E-state index < -0.39 is 22.3 Å². The van der Waals surface area contributed by atoms with Crippen LogP contribution in [0.5, 0.6) is 0 Å². The van der Waals surface area contributed by atoms with Gasteiger partial charge < -0.3 is 5.32 Å². The van der Waals surface area contributed by atoms with E-state index in [1.54, 1.807) is 24.3 Å². The molecule has 0 saturated heterocycles. The summed E-state index contributed by atoms with van der Waals surface area (Å²) in [5.41, 5.74) is -0.0306. The molecule has 0 saturated carbocycles. The number of nitrogens with zero attached hydrogens (tertiary/aromatic N) is 1. The molecule has 108 valence electrons. The Morgan fingerprint density at radius 3 is 2.71 bits per heavy atom. The SMILES string of the molecule is O=C(NCc1cccc(Cl)c1)c1cc(F)ccc1[N+](=O)[O-]. The molecule has 5 nitrogen and oxygen atoms in total. The first-order valence-corrected chi connectivity index (χ1v) is 6.32. The summed E-state index contributed by atoms with van der Waals surface area (Å²) in [4.78, 5) is 22.1. The third-order valence-electron chi connectivity index (χ3n) is 2.74. The lowest BCUT2D eigenvalue weighted by Crippen LogP contribution is -2.23. The molecule has 1 amide bonds. The molecule has 0 aliphatic rings. The predicted octanol–water partition coefficient (Wildman–Crippen LogP) is 3.32. The van der Waals surface area contributed by atoms with Gasteiger partial charge in [0.1, 0.15) is 11.4 Å². The van der Waals surface area contributed by atoms with Crippen LogP contribution in [0.4, 0.5) is 10.1 Å². The van der Waals surface area contributed by atoms with Crippen molar-refractivity contribution in [1.82, 2.24) is 5.32 Å². The second-order valence-corrected chi connectivity index (χ2v) is 4.67. The number of nitrogens with one attached hydrogen (secondary N) is 1. The minimum atomic E-state index is -0.728. The molecule has 2 aromatic rings. The van der Waals surface area contributed by atoms with Gasteiger partial charge in [0.25, 0.3) is 11.6 Å². The number of nitro groups is 1. The standard InChI is InChI=1S/C14H10ClFN2O3/c15-10-3-1-2-9(6-10)8-17-14(19)12-7-11(16)4-5-13(12)18(20)21/h1-7H,8H2,(H,17,19). The summed E-state index contributed by atoms with van der Waals surface area (Å²) < 4.78 is 13.2. The molecule has 0 aliphatic carbocycles. The molecule has 2 aromatic carbocycles. The number of amides is 1. The van der Waals surface area contributed by atoms with E-state index in [0.717, 1.165) is 23.8 Å². The monoisotopic (exact) mass is 308 g/mol. The van der Waals surface area contributed by atoms with E-state index in [-0.39, 0.29) is 12.1 Å². The van der Waals surface area contributed by atoms with Crippen LogP contribution in [0.3, 0.4) is 0 Å². The van der Waals surface area contributed by atoms with Crippen molar-refractivity contribution in [2.75, 3.05) is 0 Å². The van der Waals surface area contributed by atoms with Crippen LogP contribution in [0.2, 0.25) is 5.02 Å². The number of hydrogen-bond donors (Lipinski definition) is 1. The van der Waals surface area contributed by atoms with Gasteiger partial charge in [0, 0.05) is 17.6 Å². The van der Waals surface area contributed by atoms with Crippen LogP contribution in [-0.4, -0.2) is 10.8 Å². The minimum absolute atomic E-state index is 0.132. The Morgan fingerprint density at radius 2 is 2.05 bits per heavy atom. The van der Waals surface area contributed by atoms with E-state index in [0.29, 0.717) is 5.02 Å². The average Bonchev–Trinajstić information content (AvgIpc) is 2.44. The van der Waals surface area contributed by atoms with Crippen LogP contribution in [0.25, 0.3) is 0 Å². The number of carbonyl (C=O) groups excluding carboxylic acids is 1. The van der Waals surface area contributed by atoms with Gasteiger partial charge in [-0.3, -0.25) is 14.9 Å². The first kappa shape index (κ1) is 14.9. The van der Waals surface area contributed by atoms with Crippen LogP contribution < -0.4 is 5.32 Å². The molecule has 0 unspecified atom stereocenters. The molecular formula is C14H10ClFN2O3. The van der Waals surface area contributed by atoms with Crippen molar-refractivity contribution >= 4 is 23.2 Å². The topological polar surface area (TPSA) is 72.2 Å². The van der Waals surface area contributed by atoms with Crippen LogP contribution in [0.1, 0.15) is 15.9 Å². The molecule has 7 heteroatoms. The van der Waals surface area contributed by atoms with Crippen LogP contribution in [0, 0.1) is 15.9 Å². The zero-order chi connectivity index (χ0) is 15.4. The highest BCUT2D eigenvalue weighted by molar-refractivity contribution is 6.30. The molecule has 21 heavy (non-hydrogen) atoms. The largest absolute Gasteiger partial charge is 0.348 e. The zero-order valence-corrected chi connectivity index (χ0v) is 11.4. The highest BCUT2D eigenvalue weighted by Crippen LogP contribution is 2.19. The molecule has 0 heterocycles. The van der Waals surface area contributed by atoms with Crippen molar-refractivity contribution in [2.45, 2.75) is 6.54 Å². The van der Waals surface area contributed by atoms with Crippen molar-refractivity contribution in [1.29, 1.82) is 0 Å². The molecule has 0 bridgehead atoms. The third kappa shape index (κ3) is 3.76. The Bertz CT molecular complexity index is 706. The van der Waals surface area contributed by atoms with Gasteiger partial charge in [-0.15, -0.1) is 0 Å². The lowest BCUT2D eigenvalue weighted by Gasteiger charge is -2.06. The molecule has 0 fully saturated rings. The van der Waals surface area contributed by atoms with Crippen molar-refractivity contribution in [3.05, 3.63) is 74.5 Å². The molecular weight excluding hydrogens is 299 g/mol. The summed E-state index contributed by atoms with van der Waals surface area (Å²) in [5, 5.41) is 13.9. The van der Waals surface area contributed by atoms with Gasteiger partial charge in [0.2, 0.25) is 0 Å². The quantitative estimate of drug-likeness (QED) is 0.695. The molecule has 0 atom stereocenters. The minimum Gasteiger partial charge on any atom is -0.348 e. The van der Waals surface area contributed by atoms with Gasteiger partial charge >= 0.3 is 0 Å². The maximum atomic E-state index is 13.2. The summed E-state index contributed by atoms with van der Waals surface area (Å²) in [6.07, 6.45) is 0. The lowest BCUT2D eigenvalue weighted by molar-refractivity contribution is -0.385. The van der Waals surface area contributed by atoms with E-state index in [9.17, 15) is 19.3 Å². The fourth-order valence-electron chi connectivity index (χ4n) is 1.77. The number of halogens is 2. The van der Waals surface area contributed by atoms with Crippen LogP contribution in [-0.2, 0) is 6.54 Å². The van der Waals surface area contributed by atoms with Crippen LogP contribution in [0.15, 0.2) is 42.5 Å². The number of hydrogen-bond acceptors (Lipinski definition) is 3. The predicted molar refractivity (Wildman–Crippen MR) is 75.7 cm³/mol. The lowest BCUT2D eigenvalue weighted by atomic mass is 10.1. The molecule has 0 aliphatic heterocycles. The maximum Gasteiger partial charge on any atom is 0.282 e. The fourth-order valence-corrected chi connectivity index (χ4v) is 1.99. The zero-order valence-electron chi connectivity index (χ0n) is 10.7. The normalized spacial score (nSPS) is 10.2. The number of rotatable bonds is 4. The van der Waals surface area contributed by atoms with Crippen molar-refractivity contribution in [3.8, 4) is 0 Å². The first-order chi connectivity index (χ1) is 9.97. The van der Waals surface area contributed by atoms with Gasteiger partial charge in [-0.2, -0.15) is 0 Å². The Kier molecular flexibility index (Phi) is 4.49. The van der Waals surface area contributed by atoms with E-state index in [2.05, 4.69) is 5.32 Å². The summed E-state index contributed by atoms with van der Waals surface area (Å²) in [5.74, 6) is -1.44. The Morgan fingerprint density at radius 1 is 1.29 bits per heavy atom. The van der Waals surface area contributed by atoms with Gasteiger partial charge in [-0.05, 0) is 29.8 Å². The van der Waals surface area contributed by atoms with E-state index in [4.69, 9.17) is 11.6 Å². The maximum absolute atomic E-state index is 13.2. The second-order valence-electron chi connectivity index (χ2n) is 4.23. The molecule has 0 spiro atoms. The summed E-state index contributed by atoms with van der Waals surface area (Å²) in [7, 11) is 0. The number of nitro benzene ring substituents is 1. The third-order valence-corrected chi connectivity index (χ3v) is 2.98. The van der Waals surface area contributed by atoms with Gasteiger partial charge in [-0.25, -0.2) is 4.39 Å². The Hall–Kier alpha value is -2.47. The van der Waals surface area contributed by atoms with E-state index in [1.165, 1.54) is 0 Å². The highest BCUT2D eigenvalue weighted by Gasteiger charge is 2.20. The highest BCUT2D eigenvalue weighted by atomic mass is 35.5. The number of carbonyl (C=O) groups is 1. The molecule has 0 aromatic heterocycles. The van der Waals surface area contributed by atoms with Crippen molar-refractivity contribution in [2.24, 2.45) is 0 Å². The van der Waals surface area contributed by atoms with Crippen molar-refractivity contribution < 1.29 is 14.1 Å². The fraction of sp³-hybridized carbons (Fsp3) is 0.0714. The van der Waals surface area contributed by atoms with Crippen molar-refractivity contribution in [3.63, 3.8) is 0 Å². The summed E-state index contributed by atoms with van der Waals surface area (Å²) >= 11 is 5.81. The Balaban J connectivity index is 2.17. The molecule has 0 radical (unpaired) electrons. The second kappa shape index (κ2) is 6.32. The van der Waals surface area contributed by atoms with Gasteiger partial charge in [-0.1, -0.05) is 23.7 Å². The molecule has 2 rings (SSSR count). The Labute approximate surface area is 124 Å². The van der Waals surface area contributed by atoms with E-state index in [1.807, 2.05) is 0 Å². The molecule has 1 N–H and O–H groups in total. The van der Waals surface area contributed by atoms with Gasteiger partial charge in [0.05, 0.1) is 4.92 Å². The average molecular weight is 309 g/mol.